The number of aromatic nitrogens is 2. The number of H-pyrrole nitrogens is 1. The normalized spacial score (nSPS) is 17.4. The topological polar surface area (TPSA) is 93.3 Å². The molecule has 3 aromatic rings. The van der Waals surface area contributed by atoms with E-state index in [1.54, 1.807) is 18.2 Å². The Hall–Kier alpha value is -3.61. The van der Waals surface area contributed by atoms with Crippen LogP contribution in [0, 0.1) is 6.92 Å². The lowest BCUT2D eigenvalue weighted by atomic mass is 9.84. The summed E-state index contributed by atoms with van der Waals surface area (Å²) >= 11 is 0. The van der Waals surface area contributed by atoms with Gasteiger partial charge in [0, 0.05) is 17.5 Å². The third-order valence-corrected chi connectivity index (χ3v) is 5.28. The molecule has 0 unspecified atom stereocenters. The summed E-state index contributed by atoms with van der Waals surface area (Å²) < 4.78 is 11.1. The lowest BCUT2D eigenvalue weighted by Crippen LogP contribution is -2.27. The van der Waals surface area contributed by atoms with Gasteiger partial charge in [-0.05, 0) is 30.7 Å². The molecule has 2 aromatic carbocycles. The van der Waals surface area contributed by atoms with E-state index in [9.17, 15) is 9.59 Å². The van der Waals surface area contributed by atoms with Crippen LogP contribution in [0.4, 0.5) is 5.82 Å². The maximum atomic E-state index is 13.4. The van der Waals surface area contributed by atoms with E-state index in [2.05, 4.69) is 15.5 Å². The molecule has 0 spiro atoms. The average molecular weight is 389 g/mol. The number of nitrogens with zero attached hydrogens (tertiary/aromatic N) is 1. The molecule has 7 nitrogen and oxygen atoms in total. The van der Waals surface area contributed by atoms with Gasteiger partial charge in [0.2, 0.25) is 5.91 Å². The summed E-state index contributed by atoms with van der Waals surface area (Å²) in [6, 6.07) is 13.1. The Bertz CT molecular complexity index is 1120. The molecule has 0 bridgehead atoms. The standard InChI is InChI=1S/C22H19N3O4/c1-12-2-4-13(5-3-12)20-19-15(11-18(26)23-22(19)25-24-20)21(27)14-6-7-16-17(10-14)29-9-8-28-16/h2-7,10,15H,8-9,11H2,1H3,(H2,23,24,25,26)/t15-/m1/s1. The highest BCUT2D eigenvalue weighted by Gasteiger charge is 2.36. The summed E-state index contributed by atoms with van der Waals surface area (Å²) in [7, 11) is 0. The third-order valence-electron chi connectivity index (χ3n) is 5.28. The molecule has 2 aliphatic rings. The van der Waals surface area contributed by atoms with Crippen LogP contribution < -0.4 is 14.8 Å². The number of benzene rings is 2. The molecule has 7 heteroatoms. The van der Waals surface area contributed by atoms with Crippen LogP contribution in [0.25, 0.3) is 11.3 Å². The first-order valence-corrected chi connectivity index (χ1v) is 9.49. The van der Waals surface area contributed by atoms with Crippen LogP contribution in [-0.4, -0.2) is 35.1 Å². The smallest absolute Gasteiger partial charge is 0.226 e. The number of hydrogen-bond donors (Lipinski definition) is 2. The summed E-state index contributed by atoms with van der Waals surface area (Å²) in [5, 5.41) is 10.0. The first-order valence-electron chi connectivity index (χ1n) is 9.49. The van der Waals surface area contributed by atoms with Crippen LogP contribution in [0.15, 0.2) is 42.5 Å². The van der Waals surface area contributed by atoms with Gasteiger partial charge in [0.1, 0.15) is 13.2 Å². The first kappa shape index (κ1) is 17.5. The van der Waals surface area contributed by atoms with Crippen LogP contribution in [0.3, 0.4) is 0 Å². The predicted octanol–water partition coefficient (Wildman–Crippen LogP) is 3.47. The zero-order chi connectivity index (χ0) is 20.0. The van der Waals surface area contributed by atoms with Gasteiger partial charge in [-0.2, -0.15) is 5.10 Å². The lowest BCUT2D eigenvalue weighted by Gasteiger charge is -2.23. The van der Waals surface area contributed by atoms with Crippen LogP contribution in [0.2, 0.25) is 0 Å². The molecule has 0 saturated heterocycles. The summed E-state index contributed by atoms with van der Waals surface area (Å²) in [5.74, 6) is 0.583. The fraction of sp³-hybridized carbons (Fsp3) is 0.227. The van der Waals surface area contributed by atoms with E-state index in [-0.39, 0.29) is 18.1 Å². The largest absolute Gasteiger partial charge is 0.486 e. The van der Waals surface area contributed by atoms with E-state index in [4.69, 9.17) is 9.47 Å². The number of Topliss-reactive ketones (excluding diaryl/α,β-unsaturated/α-hetero) is 1. The number of rotatable bonds is 3. The molecular formula is C22H19N3O4. The zero-order valence-electron chi connectivity index (χ0n) is 15.8. The Kier molecular flexibility index (Phi) is 4.08. The second kappa shape index (κ2) is 6.77. The minimum absolute atomic E-state index is 0.0681. The Balaban J connectivity index is 1.56. The van der Waals surface area contributed by atoms with Crippen molar-refractivity contribution in [3.8, 4) is 22.8 Å². The molecule has 146 valence electrons. The molecule has 29 heavy (non-hydrogen) atoms. The molecule has 3 heterocycles. The average Bonchev–Trinajstić information content (AvgIpc) is 3.16. The maximum absolute atomic E-state index is 13.4. The monoisotopic (exact) mass is 389 g/mol. The number of nitrogens with one attached hydrogen (secondary N) is 2. The molecule has 0 saturated carbocycles. The van der Waals surface area contributed by atoms with Crippen molar-refractivity contribution in [2.45, 2.75) is 19.3 Å². The molecule has 1 amide bonds. The van der Waals surface area contributed by atoms with Gasteiger partial charge in [-0.1, -0.05) is 29.8 Å². The molecular weight excluding hydrogens is 370 g/mol. The van der Waals surface area contributed by atoms with Gasteiger partial charge in [0.15, 0.2) is 23.1 Å². The summed E-state index contributed by atoms with van der Waals surface area (Å²) in [6.07, 6.45) is 0.0681. The van der Waals surface area contributed by atoms with Crippen LogP contribution in [0.5, 0.6) is 11.5 Å². The van der Waals surface area contributed by atoms with Crippen LogP contribution in [-0.2, 0) is 4.79 Å². The molecule has 1 aromatic heterocycles. The molecule has 1 atom stereocenters. The lowest BCUT2D eigenvalue weighted by molar-refractivity contribution is -0.116. The number of anilines is 1. The molecule has 2 aliphatic heterocycles. The molecule has 0 radical (unpaired) electrons. The Morgan fingerprint density at radius 1 is 1.07 bits per heavy atom. The second-order valence-corrected chi connectivity index (χ2v) is 7.25. The summed E-state index contributed by atoms with van der Waals surface area (Å²) in [6.45, 7) is 2.95. The molecule has 5 rings (SSSR count). The van der Waals surface area contributed by atoms with Crippen LogP contribution in [0.1, 0.15) is 33.8 Å². The minimum Gasteiger partial charge on any atom is -0.486 e. The zero-order valence-corrected chi connectivity index (χ0v) is 15.8. The molecule has 0 aliphatic carbocycles. The number of ketones is 1. The fourth-order valence-corrected chi connectivity index (χ4v) is 3.82. The number of carbonyl (C=O) groups excluding carboxylic acids is 2. The van der Waals surface area contributed by atoms with Crippen molar-refractivity contribution in [3.05, 3.63) is 59.2 Å². The van der Waals surface area contributed by atoms with E-state index in [0.717, 1.165) is 16.8 Å². The van der Waals surface area contributed by atoms with E-state index in [1.165, 1.54) is 0 Å². The van der Waals surface area contributed by atoms with Gasteiger partial charge in [0.05, 0.1) is 11.6 Å². The third kappa shape index (κ3) is 3.04. The van der Waals surface area contributed by atoms with Crippen molar-refractivity contribution in [2.24, 2.45) is 0 Å². The number of amides is 1. The number of hydrogen-bond acceptors (Lipinski definition) is 5. The highest BCUT2D eigenvalue weighted by molar-refractivity contribution is 6.09. The number of ether oxygens (including phenoxy) is 2. The maximum Gasteiger partial charge on any atom is 0.226 e. The molecule has 2 N–H and O–H groups in total. The van der Waals surface area contributed by atoms with Gasteiger partial charge in [-0.3, -0.25) is 14.7 Å². The van der Waals surface area contributed by atoms with Crippen LogP contribution >= 0.6 is 0 Å². The minimum atomic E-state index is -0.628. The van der Waals surface area contributed by atoms with E-state index < -0.39 is 5.92 Å². The van der Waals surface area contributed by atoms with Gasteiger partial charge in [-0.25, -0.2) is 0 Å². The fourth-order valence-electron chi connectivity index (χ4n) is 3.82. The summed E-state index contributed by atoms with van der Waals surface area (Å²) in [5.41, 5.74) is 4.00. The number of aryl methyl sites for hydroxylation is 1. The van der Waals surface area contributed by atoms with Crippen molar-refractivity contribution in [2.75, 3.05) is 18.5 Å². The predicted molar refractivity (Wildman–Crippen MR) is 107 cm³/mol. The quantitative estimate of drug-likeness (QED) is 0.669. The van der Waals surface area contributed by atoms with Crippen molar-refractivity contribution in [3.63, 3.8) is 0 Å². The van der Waals surface area contributed by atoms with Gasteiger partial charge in [-0.15, -0.1) is 0 Å². The second-order valence-electron chi connectivity index (χ2n) is 7.25. The van der Waals surface area contributed by atoms with E-state index in [0.29, 0.717) is 41.7 Å². The van der Waals surface area contributed by atoms with E-state index >= 15 is 0 Å². The molecule has 0 fully saturated rings. The highest BCUT2D eigenvalue weighted by atomic mass is 16.6. The van der Waals surface area contributed by atoms with Gasteiger partial charge >= 0.3 is 0 Å². The highest BCUT2D eigenvalue weighted by Crippen LogP contribution is 2.41. The number of fused-ring (bicyclic) bond motifs is 2. The summed E-state index contributed by atoms with van der Waals surface area (Å²) in [4.78, 5) is 25.6. The van der Waals surface area contributed by atoms with Crippen molar-refractivity contribution < 1.29 is 19.1 Å². The Morgan fingerprint density at radius 3 is 2.62 bits per heavy atom. The SMILES string of the molecule is Cc1ccc(-c2[nH]nc3c2[C@H](C(=O)c2ccc4c(c2)OCCO4)CC(=O)N3)cc1. The van der Waals surface area contributed by atoms with Gasteiger partial charge < -0.3 is 14.8 Å². The van der Waals surface area contributed by atoms with Gasteiger partial charge in [0.25, 0.3) is 0 Å². The Morgan fingerprint density at radius 2 is 1.83 bits per heavy atom. The van der Waals surface area contributed by atoms with Crippen molar-refractivity contribution >= 4 is 17.5 Å². The van der Waals surface area contributed by atoms with E-state index in [1.807, 2.05) is 31.2 Å². The van der Waals surface area contributed by atoms with Crippen molar-refractivity contribution in [1.29, 1.82) is 0 Å². The number of aromatic amines is 1. The Labute approximate surface area is 167 Å². The number of carbonyl (C=O) groups is 2. The van der Waals surface area contributed by atoms with Crippen molar-refractivity contribution in [1.82, 2.24) is 10.2 Å². The first-order chi connectivity index (χ1) is 14.1.